The molecule has 2 aromatic rings. The molecule has 0 spiro atoms. The number of hydrogen-bond acceptors (Lipinski definition) is 4. The normalized spacial score (nSPS) is 10.1. The Balaban J connectivity index is 2.27. The van der Waals surface area contributed by atoms with Crippen molar-refractivity contribution in [2.24, 2.45) is 0 Å². The van der Waals surface area contributed by atoms with Crippen LogP contribution in [0.5, 0.6) is 0 Å². The van der Waals surface area contributed by atoms with Crippen LogP contribution < -0.4 is 11.1 Å². The Hall–Kier alpha value is -1.52. The minimum Gasteiger partial charge on any atom is -0.368 e. The lowest BCUT2D eigenvalue weighted by Gasteiger charge is -2.07. The smallest absolute Gasteiger partial charge is 0.221 e. The molecule has 3 N–H and O–H groups in total. The van der Waals surface area contributed by atoms with Gasteiger partial charge >= 0.3 is 0 Å². The van der Waals surface area contributed by atoms with Crippen molar-refractivity contribution in [2.45, 2.75) is 0 Å². The van der Waals surface area contributed by atoms with E-state index in [4.69, 9.17) is 28.9 Å². The van der Waals surface area contributed by atoms with Gasteiger partial charge in [-0.1, -0.05) is 23.2 Å². The fraction of sp³-hybridized carbons (Fsp3) is 0. The lowest BCUT2D eigenvalue weighted by molar-refractivity contribution is 1.18. The van der Waals surface area contributed by atoms with Crippen molar-refractivity contribution in [3.8, 4) is 0 Å². The lowest BCUT2D eigenvalue weighted by Crippen LogP contribution is -1.99. The van der Waals surface area contributed by atoms with Gasteiger partial charge in [-0.25, -0.2) is 4.98 Å². The van der Waals surface area contributed by atoms with E-state index in [2.05, 4.69) is 15.3 Å². The molecule has 0 unspecified atom stereocenters. The van der Waals surface area contributed by atoms with Crippen LogP contribution in [0.1, 0.15) is 0 Å². The van der Waals surface area contributed by atoms with Gasteiger partial charge in [0.25, 0.3) is 0 Å². The highest BCUT2D eigenvalue weighted by atomic mass is 35.5. The zero-order valence-corrected chi connectivity index (χ0v) is 9.63. The van der Waals surface area contributed by atoms with Gasteiger partial charge in [0.2, 0.25) is 5.95 Å². The van der Waals surface area contributed by atoms with Crippen LogP contribution >= 0.6 is 23.2 Å². The van der Waals surface area contributed by atoms with Gasteiger partial charge < -0.3 is 11.1 Å². The first-order valence-corrected chi connectivity index (χ1v) is 5.21. The third-order valence-corrected chi connectivity index (χ3v) is 2.42. The fourth-order valence-electron chi connectivity index (χ4n) is 1.17. The number of nitrogen functional groups attached to an aromatic ring is 1. The van der Waals surface area contributed by atoms with Crippen molar-refractivity contribution < 1.29 is 0 Å². The largest absolute Gasteiger partial charge is 0.368 e. The van der Waals surface area contributed by atoms with E-state index in [-0.39, 0.29) is 5.95 Å². The third-order valence-electron chi connectivity index (χ3n) is 1.87. The molecule has 1 heterocycles. The molecular weight excluding hydrogens is 247 g/mol. The second-order valence-electron chi connectivity index (χ2n) is 3.05. The van der Waals surface area contributed by atoms with Gasteiger partial charge in [0, 0.05) is 11.2 Å². The summed E-state index contributed by atoms with van der Waals surface area (Å²) in [6.45, 7) is 0. The molecule has 0 fully saturated rings. The standard InChI is InChI=1S/C10H8Cl2N4/c11-6-1-2-8(7(12)5-6)15-9-3-4-14-10(13)16-9/h1-5H,(H3,13,14,15,16). The van der Waals surface area contributed by atoms with E-state index in [1.807, 2.05) is 0 Å². The Bertz CT molecular complexity index is 516. The number of nitrogens with zero attached hydrogens (tertiary/aromatic N) is 2. The second-order valence-corrected chi connectivity index (χ2v) is 3.89. The summed E-state index contributed by atoms with van der Waals surface area (Å²) in [5, 5.41) is 4.12. The molecule has 0 saturated carbocycles. The van der Waals surface area contributed by atoms with E-state index in [0.717, 1.165) is 0 Å². The van der Waals surface area contributed by atoms with Crippen molar-refractivity contribution in [3.63, 3.8) is 0 Å². The average Bonchev–Trinajstić information content (AvgIpc) is 2.22. The Labute approximate surface area is 102 Å². The maximum atomic E-state index is 6.00. The van der Waals surface area contributed by atoms with Crippen LogP contribution in [0.25, 0.3) is 0 Å². The third kappa shape index (κ3) is 2.53. The summed E-state index contributed by atoms with van der Waals surface area (Å²) in [6.07, 6.45) is 1.56. The summed E-state index contributed by atoms with van der Waals surface area (Å²) in [7, 11) is 0. The van der Waals surface area contributed by atoms with Crippen molar-refractivity contribution in [1.29, 1.82) is 0 Å². The molecular formula is C10H8Cl2N4. The zero-order chi connectivity index (χ0) is 11.5. The quantitative estimate of drug-likeness (QED) is 0.865. The summed E-state index contributed by atoms with van der Waals surface area (Å²) in [4.78, 5) is 7.79. The topological polar surface area (TPSA) is 63.8 Å². The maximum absolute atomic E-state index is 6.00. The Morgan fingerprint density at radius 2 is 2.00 bits per heavy atom. The van der Waals surface area contributed by atoms with Gasteiger partial charge in [-0.2, -0.15) is 4.98 Å². The number of nitrogens with two attached hydrogens (primary N) is 1. The summed E-state index contributed by atoms with van der Waals surface area (Å²) >= 11 is 11.8. The van der Waals surface area contributed by atoms with E-state index in [1.165, 1.54) is 0 Å². The summed E-state index contributed by atoms with van der Waals surface area (Å²) in [5.41, 5.74) is 6.17. The zero-order valence-electron chi connectivity index (χ0n) is 8.11. The number of aromatic nitrogens is 2. The van der Waals surface area contributed by atoms with Crippen molar-refractivity contribution in [3.05, 3.63) is 40.5 Å². The van der Waals surface area contributed by atoms with Crippen molar-refractivity contribution >= 4 is 40.7 Å². The number of anilines is 3. The highest BCUT2D eigenvalue weighted by Gasteiger charge is 2.02. The molecule has 4 nitrogen and oxygen atoms in total. The predicted molar refractivity (Wildman–Crippen MR) is 66.2 cm³/mol. The predicted octanol–water partition coefficient (Wildman–Crippen LogP) is 3.11. The average molecular weight is 255 g/mol. The van der Waals surface area contributed by atoms with Gasteiger partial charge in [-0.05, 0) is 24.3 Å². The first-order chi connectivity index (χ1) is 7.65. The Morgan fingerprint density at radius 1 is 1.19 bits per heavy atom. The van der Waals surface area contributed by atoms with Crippen molar-refractivity contribution in [1.82, 2.24) is 9.97 Å². The molecule has 0 radical (unpaired) electrons. The molecule has 0 aliphatic rings. The van der Waals surface area contributed by atoms with E-state index in [9.17, 15) is 0 Å². The lowest BCUT2D eigenvalue weighted by atomic mass is 10.3. The highest BCUT2D eigenvalue weighted by Crippen LogP contribution is 2.27. The number of hydrogen-bond donors (Lipinski definition) is 2. The summed E-state index contributed by atoms with van der Waals surface area (Å²) in [5.74, 6) is 0.784. The van der Waals surface area contributed by atoms with Crippen LogP contribution in [0.4, 0.5) is 17.5 Å². The first-order valence-electron chi connectivity index (χ1n) is 4.46. The van der Waals surface area contributed by atoms with E-state index >= 15 is 0 Å². The molecule has 2 rings (SSSR count). The summed E-state index contributed by atoms with van der Waals surface area (Å²) < 4.78 is 0. The number of halogens is 2. The number of rotatable bonds is 2. The molecule has 1 aromatic carbocycles. The van der Waals surface area contributed by atoms with Crippen LogP contribution in [-0.2, 0) is 0 Å². The number of benzene rings is 1. The Morgan fingerprint density at radius 3 is 2.69 bits per heavy atom. The second kappa shape index (κ2) is 4.55. The van der Waals surface area contributed by atoms with E-state index in [0.29, 0.717) is 21.6 Å². The molecule has 0 saturated heterocycles. The van der Waals surface area contributed by atoms with E-state index < -0.39 is 0 Å². The monoisotopic (exact) mass is 254 g/mol. The summed E-state index contributed by atoms with van der Waals surface area (Å²) in [6, 6.07) is 6.85. The van der Waals surface area contributed by atoms with Gasteiger partial charge in [0.1, 0.15) is 5.82 Å². The first kappa shape index (κ1) is 11.0. The Kier molecular flexibility index (Phi) is 3.12. The van der Waals surface area contributed by atoms with Crippen LogP contribution in [0.2, 0.25) is 10.0 Å². The minimum absolute atomic E-state index is 0.204. The molecule has 6 heteroatoms. The van der Waals surface area contributed by atoms with Crippen LogP contribution in [0, 0.1) is 0 Å². The molecule has 0 aliphatic heterocycles. The van der Waals surface area contributed by atoms with Crippen LogP contribution in [0.3, 0.4) is 0 Å². The van der Waals surface area contributed by atoms with E-state index in [1.54, 1.807) is 30.5 Å². The molecule has 82 valence electrons. The van der Waals surface area contributed by atoms with Crippen LogP contribution in [0.15, 0.2) is 30.5 Å². The number of nitrogens with one attached hydrogen (secondary N) is 1. The molecule has 0 bridgehead atoms. The van der Waals surface area contributed by atoms with Gasteiger partial charge in [0.15, 0.2) is 0 Å². The van der Waals surface area contributed by atoms with Crippen LogP contribution in [-0.4, -0.2) is 9.97 Å². The van der Waals surface area contributed by atoms with Crippen molar-refractivity contribution in [2.75, 3.05) is 11.1 Å². The molecule has 16 heavy (non-hydrogen) atoms. The minimum atomic E-state index is 0.204. The molecule has 1 aromatic heterocycles. The molecule has 0 aliphatic carbocycles. The fourth-order valence-corrected chi connectivity index (χ4v) is 1.63. The van der Waals surface area contributed by atoms with Gasteiger partial charge in [-0.3, -0.25) is 0 Å². The molecule has 0 amide bonds. The van der Waals surface area contributed by atoms with Gasteiger partial charge in [0.05, 0.1) is 10.7 Å². The molecule has 0 atom stereocenters. The maximum Gasteiger partial charge on any atom is 0.221 e. The highest BCUT2D eigenvalue weighted by molar-refractivity contribution is 6.36. The van der Waals surface area contributed by atoms with Gasteiger partial charge in [-0.15, -0.1) is 0 Å². The SMILES string of the molecule is Nc1nccc(Nc2ccc(Cl)cc2Cl)n1.